The van der Waals surface area contributed by atoms with E-state index in [0.717, 1.165) is 23.8 Å². The van der Waals surface area contributed by atoms with E-state index in [1.807, 2.05) is 19.1 Å². The molecule has 1 atom stereocenters. The van der Waals surface area contributed by atoms with Gasteiger partial charge >= 0.3 is 0 Å². The molecule has 0 nitrogen and oxygen atoms in total. The van der Waals surface area contributed by atoms with Gasteiger partial charge < -0.3 is 0 Å². The maximum atomic E-state index is 14.4. The maximum absolute atomic E-state index is 14.4. The van der Waals surface area contributed by atoms with Gasteiger partial charge in [0.1, 0.15) is 0 Å². The fourth-order valence-electron chi connectivity index (χ4n) is 4.90. The second kappa shape index (κ2) is 9.67. The summed E-state index contributed by atoms with van der Waals surface area (Å²) in [6, 6.07) is 11.4. The first-order chi connectivity index (χ1) is 13.5. The third-order valence-electron chi connectivity index (χ3n) is 6.76. The molecule has 28 heavy (non-hydrogen) atoms. The van der Waals surface area contributed by atoms with Crippen molar-refractivity contribution in [2.24, 2.45) is 17.8 Å². The van der Waals surface area contributed by atoms with Crippen molar-refractivity contribution in [2.75, 3.05) is 0 Å². The Kier molecular flexibility index (Phi) is 7.26. The molecular formula is C26H34F2. The van der Waals surface area contributed by atoms with E-state index >= 15 is 0 Å². The first kappa shape index (κ1) is 21.0. The third kappa shape index (κ3) is 4.82. The van der Waals surface area contributed by atoms with E-state index in [2.05, 4.69) is 26.0 Å². The van der Waals surface area contributed by atoms with Gasteiger partial charge in [0.05, 0.1) is 0 Å². The Morgan fingerprint density at radius 2 is 1.57 bits per heavy atom. The number of hydrogen-bond acceptors (Lipinski definition) is 0. The molecule has 152 valence electrons. The molecule has 0 amide bonds. The summed E-state index contributed by atoms with van der Waals surface area (Å²) in [5.41, 5.74) is 2.82. The lowest BCUT2D eigenvalue weighted by Crippen LogP contribution is -2.21. The van der Waals surface area contributed by atoms with Crippen molar-refractivity contribution in [1.82, 2.24) is 0 Å². The highest BCUT2D eigenvalue weighted by Crippen LogP contribution is 2.36. The number of aryl methyl sites for hydroxylation is 1. The lowest BCUT2D eigenvalue weighted by molar-refractivity contribution is 0.206. The second-order valence-corrected chi connectivity index (χ2v) is 8.70. The smallest absolute Gasteiger partial charge is 0.166 e. The zero-order valence-corrected chi connectivity index (χ0v) is 17.6. The lowest BCUT2D eigenvalue weighted by atomic mass is 9.73. The topological polar surface area (TPSA) is 0 Å². The summed E-state index contributed by atoms with van der Waals surface area (Å²) in [7, 11) is 0. The molecule has 0 N–H and O–H groups in total. The maximum Gasteiger partial charge on any atom is 0.166 e. The van der Waals surface area contributed by atoms with Crippen molar-refractivity contribution in [3.63, 3.8) is 0 Å². The van der Waals surface area contributed by atoms with Crippen LogP contribution in [0, 0.1) is 29.4 Å². The van der Waals surface area contributed by atoms with Crippen molar-refractivity contribution in [1.29, 1.82) is 0 Å². The van der Waals surface area contributed by atoms with Gasteiger partial charge in [0.25, 0.3) is 0 Å². The Bertz CT molecular complexity index is 755. The standard InChI is InChI=1S/C26H34F2/c1-4-6-19-7-11-22(12-8-19)18(3)17-20-9-13-23(14-10-20)24-16-15-21(5-2)25(27)26(24)28/h9-10,13-16,18-19,22H,4-8,11-12,17H2,1-3H3. The Hall–Kier alpha value is -1.70. The number of halogens is 2. The highest BCUT2D eigenvalue weighted by molar-refractivity contribution is 5.65. The average molecular weight is 385 g/mol. The van der Waals surface area contributed by atoms with Crippen LogP contribution in [0.3, 0.4) is 0 Å². The summed E-state index contributed by atoms with van der Waals surface area (Å²) in [4.78, 5) is 0. The van der Waals surface area contributed by atoms with Crippen molar-refractivity contribution in [3.8, 4) is 11.1 Å². The summed E-state index contributed by atoms with van der Waals surface area (Å²) in [5, 5.41) is 0. The van der Waals surface area contributed by atoms with Gasteiger partial charge in [-0.3, -0.25) is 0 Å². The van der Waals surface area contributed by atoms with Crippen LogP contribution < -0.4 is 0 Å². The summed E-state index contributed by atoms with van der Waals surface area (Å²) in [6.45, 7) is 6.50. The highest BCUT2D eigenvalue weighted by Gasteiger charge is 2.25. The zero-order chi connectivity index (χ0) is 20.1. The molecule has 1 unspecified atom stereocenters. The van der Waals surface area contributed by atoms with Crippen LogP contribution in [0.4, 0.5) is 8.78 Å². The molecule has 3 rings (SSSR count). The van der Waals surface area contributed by atoms with Gasteiger partial charge in [0, 0.05) is 5.56 Å². The molecule has 0 saturated heterocycles. The van der Waals surface area contributed by atoms with E-state index in [4.69, 9.17) is 0 Å². The molecule has 2 aromatic carbocycles. The molecule has 2 aromatic rings. The number of rotatable bonds is 7. The average Bonchev–Trinajstić information content (AvgIpc) is 2.71. The fourth-order valence-corrected chi connectivity index (χ4v) is 4.90. The second-order valence-electron chi connectivity index (χ2n) is 8.70. The van der Waals surface area contributed by atoms with Gasteiger partial charge in [-0.15, -0.1) is 0 Å². The first-order valence-corrected chi connectivity index (χ1v) is 11.1. The number of hydrogen-bond donors (Lipinski definition) is 0. The minimum Gasteiger partial charge on any atom is -0.203 e. The van der Waals surface area contributed by atoms with Crippen molar-refractivity contribution in [2.45, 2.75) is 72.1 Å². The Morgan fingerprint density at radius 1 is 0.893 bits per heavy atom. The Balaban J connectivity index is 1.63. The quantitative estimate of drug-likeness (QED) is 0.454. The van der Waals surface area contributed by atoms with Gasteiger partial charge in [-0.25, -0.2) is 8.78 Å². The van der Waals surface area contributed by atoms with Gasteiger partial charge in [-0.1, -0.05) is 82.9 Å². The molecule has 0 bridgehead atoms. The minimum atomic E-state index is -0.732. The SMILES string of the molecule is CCCC1CCC(C(C)Cc2ccc(-c3ccc(CC)c(F)c3F)cc2)CC1. The van der Waals surface area contributed by atoms with Gasteiger partial charge in [0.2, 0.25) is 0 Å². The molecule has 1 fully saturated rings. The van der Waals surface area contributed by atoms with E-state index in [1.54, 1.807) is 12.1 Å². The molecular weight excluding hydrogens is 350 g/mol. The molecule has 1 saturated carbocycles. The lowest BCUT2D eigenvalue weighted by Gasteiger charge is -2.32. The van der Waals surface area contributed by atoms with Crippen LogP contribution in [0.1, 0.15) is 70.4 Å². The van der Waals surface area contributed by atoms with E-state index in [0.29, 0.717) is 23.5 Å². The van der Waals surface area contributed by atoms with Crippen LogP contribution in [-0.2, 0) is 12.8 Å². The molecule has 0 heterocycles. The van der Waals surface area contributed by atoms with Crippen molar-refractivity contribution >= 4 is 0 Å². The van der Waals surface area contributed by atoms with Gasteiger partial charge in [-0.05, 0) is 60.1 Å². The highest BCUT2D eigenvalue weighted by atomic mass is 19.2. The molecule has 2 heteroatoms. The first-order valence-electron chi connectivity index (χ1n) is 11.1. The van der Waals surface area contributed by atoms with Crippen LogP contribution in [0.2, 0.25) is 0 Å². The van der Waals surface area contributed by atoms with E-state index in [1.165, 1.54) is 44.1 Å². The van der Waals surface area contributed by atoms with E-state index in [-0.39, 0.29) is 0 Å². The minimum absolute atomic E-state index is 0.351. The molecule has 0 radical (unpaired) electrons. The van der Waals surface area contributed by atoms with Crippen LogP contribution >= 0.6 is 0 Å². The summed E-state index contributed by atoms with van der Waals surface area (Å²) in [6.07, 6.45) is 9.76. The summed E-state index contributed by atoms with van der Waals surface area (Å²) >= 11 is 0. The van der Waals surface area contributed by atoms with E-state index < -0.39 is 11.6 Å². The van der Waals surface area contributed by atoms with E-state index in [9.17, 15) is 8.78 Å². The third-order valence-corrected chi connectivity index (χ3v) is 6.76. The predicted octanol–water partition coefficient (Wildman–Crippen LogP) is 7.98. The Morgan fingerprint density at radius 3 is 2.18 bits per heavy atom. The van der Waals surface area contributed by atoms with Crippen LogP contribution in [0.15, 0.2) is 36.4 Å². The fraction of sp³-hybridized carbons (Fsp3) is 0.538. The normalized spacial score (nSPS) is 20.9. The zero-order valence-electron chi connectivity index (χ0n) is 17.6. The molecule has 0 aliphatic heterocycles. The molecule has 1 aliphatic carbocycles. The molecule has 0 aromatic heterocycles. The van der Waals surface area contributed by atoms with Crippen LogP contribution in [0.5, 0.6) is 0 Å². The van der Waals surface area contributed by atoms with Crippen LogP contribution in [-0.4, -0.2) is 0 Å². The predicted molar refractivity (Wildman–Crippen MR) is 114 cm³/mol. The Labute approximate surface area is 169 Å². The number of benzene rings is 2. The van der Waals surface area contributed by atoms with Crippen LogP contribution in [0.25, 0.3) is 11.1 Å². The van der Waals surface area contributed by atoms with Crippen molar-refractivity contribution in [3.05, 3.63) is 59.2 Å². The van der Waals surface area contributed by atoms with Gasteiger partial charge in [-0.2, -0.15) is 0 Å². The largest absolute Gasteiger partial charge is 0.203 e. The summed E-state index contributed by atoms with van der Waals surface area (Å²) < 4.78 is 28.5. The monoisotopic (exact) mass is 384 g/mol. The molecule has 0 spiro atoms. The molecule has 1 aliphatic rings. The van der Waals surface area contributed by atoms with Gasteiger partial charge in [0.15, 0.2) is 11.6 Å². The van der Waals surface area contributed by atoms with Crippen molar-refractivity contribution < 1.29 is 8.78 Å². The summed E-state index contributed by atoms with van der Waals surface area (Å²) in [5.74, 6) is 0.996.